The van der Waals surface area contributed by atoms with E-state index in [9.17, 15) is 9.59 Å². The van der Waals surface area contributed by atoms with Gasteiger partial charge in [-0.05, 0) is 39.1 Å². The van der Waals surface area contributed by atoms with Crippen LogP contribution in [-0.2, 0) is 20.7 Å². The van der Waals surface area contributed by atoms with E-state index in [4.69, 9.17) is 27.2 Å². The lowest BCUT2D eigenvalue weighted by atomic mass is 10.1. The van der Waals surface area contributed by atoms with Gasteiger partial charge in [-0.25, -0.2) is 4.79 Å². The molecule has 0 aromatic heterocycles. The molecule has 0 heterocycles. The Balaban J connectivity index is 2.85. The summed E-state index contributed by atoms with van der Waals surface area (Å²) in [5.74, 6) is -1.81. The molecule has 0 amide bonds. The maximum absolute atomic E-state index is 12.4. The summed E-state index contributed by atoms with van der Waals surface area (Å²) in [5.41, 5.74) is 7.28. The van der Waals surface area contributed by atoms with Gasteiger partial charge in [0, 0.05) is 6.54 Å². The number of likely N-dealkylation sites (N-methyl/N-ethyl adjacent to an activating group) is 1. The van der Waals surface area contributed by atoms with Crippen molar-refractivity contribution in [2.24, 2.45) is 5.73 Å². The maximum atomic E-state index is 12.4. The summed E-state index contributed by atoms with van der Waals surface area (Å²) in [4.78, 5) is 25.2. The molecule has 0 saturated carbocycles. The van der Waals surface area contributed by atoms with E-state index in [0.29, 0.717) is 10.7 Å². The summed E-state index contributed by atoms with van der Waals surface area (Å²) >= 11 is 6.20. The van der Waals surface area contributed by atoms with Crippen LogP contribution in [-0.4, -0.2) is 60.8 Å². The number of benzene rings is 1. The number of halogens is 1. The third-order valence-electron chi connectivity index (χ3n) is 3.69. The Morgan fingerprint density at radius 1 is 1.40 bits per heavy atom. The first-order valence-electron chi connectivity index (χ1n) is 8.04. The second-order valence-corrected chi connectivity index (χ2v) is 6.50. The lowest BCUT2D eigenvalue weighted by molar-refractivity contribution is -0.155. The number of rotatable bonds is 9. The van der Waals surface area contributed by atoms with Crippen molar-refractivity contribution in [1.29, 1.82) is 0 Å². The minimum absolute atomic E-state index is 0.207. The number of esters is 1. The van der Waals surface area contributed by atoms with Crippen molar-refractivity contribution < 1.29 is 19.4 Å². The first-order valence-corrected chi connectivity index (χ1v) is 8.42. The third-order valence-corrected chi connectivity index (χ3v) is 4.01. The van der Waals surface area contributed by atoms with E-state index in [0.717, 1.165) is 12.0 Å². The molecular formula is C17H26ClN3O4. The van der Waals surface area contributed by atoms with Crippen LogP contribution in [0.2, 0.25) is 5.02 Å². The second-order valence-electron chi connectivity index (χ2n) is 6.10. The highest BCUT2D eigenvalue weighted by atomic mass is 35.5. The van der Waals surface area contributed by atoms with Crippen LogP contribution >= 0.6 is 11.6 Å². The number of nitrogens with zero attached hydrogens (tertiary/aromatic N) is 1. The van der Waals surface area contributed by atoms with Gasteiger partial charge < -0.3 is 25.8 Å². The van der Waals surface area contributed by atoms with Crippen molar-refractivity contribution in [3.05, 3.63) is 28.8 Å². The Morgan fingerprint density at radius 2 is 2.04 bits per heavy atom. The summed E-state index contributed by atoms with van der Waals surface area (Å²) in [6.07, 6.45) is -0.209. The monoisotopic (exact) mass is 371 g/mol. The van der Waals surface area contributed by atoms with Gasteiger partial charge in [0.1, 0.15) is 18.2 Å². The molecule has 0 aliphatic heterocycles. The lowest BCUT2D eigenvalue weighted by Crippen LogP contribution is -2.50. The first-order chi connectivity index (χ1) is 11.7. The smallest absolute Gasteiger partial charge is 0.328 e. The van der Waals surface area contributed by atoms with Crippen LogP contribution in [0.1, 0.15) is 19.4 Å². The number of nitrogens with one attached hydrogen (secondary N) is 1. The van der Waals surface area contributed by atoms with Gasteiger partial charge in [0.2, 0.25) is 0 Å². The molecule has 1 aromatic carbocycles. The van der Waals surface area contributed by atoms with E-state index in [2.05, 4.69) is 5.32 Å². The molecule has 8 heteroatoms. The molecule has 0 aliphatic rings. The van der Waals surface area contributed by atoms with E-state index in [-0.39, 0.29) is 6.54 Å². The highest BCUT2D eigenvalue weighted by Crippen LogP contribution is 2.27. The van der Waals surface area contributed by atoms with Gasteiger partial charge in [-0.1, -0.05) is 30.7 Å². The van der Waals surface area contributed by atoms with E-state index >= 15 is 0 Å². The van der Waals surface area contributed by atoms with Crippen molar-refractivity contribution in [2.45, 2.75) is 38.5 Å². The van der Waals surface area contributed by atoms with Gasteiger partial charge in [-0.15, -0.1) is 0 Å². The molecule has 0 fully saturated rings. The standard InChI is InChI=1S/C17H26ClN3O4/c1-5-11-7-6-8-12(18)15(11)20-10(2)17(24)25-13(9-21(3)4)14(19)16(22)23/h6-8,10,13-14,20H,5,9,19H2,1-4H3,(H,22,23)/t10-,13?,14?/m0/s1. The van der Waals surface area contributed by atoms with Crippen molar-refractivity contribution in [3.63, 3.8) is 0 Å². The van der Waals surface area contributed by atoms with Gasteiger partial charge >= 0.3 is 11.9 Å². The van der Waals surface area contributed by atoms with Crippen LogP contribution in [0.4, 0.5) is 5.69 Å². The maximum Gasteiger partial charge on any atom is 0.328 e. The fourth-order valence-corrected chi connectivity index (χ4v) is 2.54. The molecule has 1 rings (SSSR count). The summed E-state index contributed by atoms with van der Waals surface area (Å²) in [6, 6.07) is 3.48. The molecular weight excluding hydrogens is 346 g/mol. The van der Waals surface area contributed by atoms with Crippen molar-refractivity contribution >= 4 is 29.2 Å². The molecule has 3 atom stereocenters. The normalized spacial score (nSPS) is 14.7. The number of aryl methyl sites for hydroxylation is 1. The minimum atomic E-state index is -1.30. The van der Waals surface area contributed by atoms with E-state index in [1.165, 1.54) is 0 Å². The zero-order valence-corrected chi connectivity index (χ0v) is 15.7. The Kier molecular flexibility index (Phi) is 8.15. The molecule has 1 aromatic rings. The average Bonchev–Trinajstić information content (AvgIpc) is 2.54. The number of anilines is 1. The highest BCUT2D eigenvalue weighted by molar-refractivity contribution is 6.33. The van der Waals surface area contributed by atoms with Crippen LogP contribution in [0.5, 0.6) is 0 Å². The Hall–Kier alpha value is -1.83. The summed E-state index contributed by atoms with van der Waals surface area (Å²) in [7, 11) is 3.49. The molecule has 4 N–H and O–H groups in total. The fourth-order valence-electron chi connectivity index (χ4n) is 2.29. The first kappa shape index (κ1) is 21.2. The number of nitrogens with two attached hydrogens (primary N) is 1. The number of ether oxygens (including phenoxy) is 1. The van der Waals surface area contributed by atoms with Crippen LogP contribution in [0.3, 0.4) is 0 Å². The quantitative estimate of drug-likeness (QED) is 0.566. The van der Waals surface area contributed by atoms with Crippen LogP contribution in [0.15, 0.2) is 18.2 Å². The number of carbonyl (C=O) groups excluding carboxylic acids is 1. The van der Waals surface area contributed by atoms with Crippen LogP contribution in [0.25, 0.3) is 0 Å². The second kappa shape index (κ2) is 9.60. The number of carbonyl (C=O) groups is 2. The van der Waals surface area contributed by atoms with Gasteiger partial charge in [0.25, 0.3) is 0 Å². The predicted molar refractivity (Wildman–Crippen MR) is 98.0 cm³/mol. The summed E-state index contributed by atoms with van der Waals surface area (Å²) in [6.45, 7) is 3.82. The number of carboxylic acids is 1. The van der Waals surface area contributed by atoms with Gasteiger partial charge in [-0.2, -0.15) is 0 Å². The minimum Gasteiger partial charge on any atom is -0.480 e. The number of carboxylic acid groups (broad SMARTS) is 1. The van der Waals surface area contributed by atoms with Gasteiger partial charge in [0.15, 0.2) is 0 Å². The lowest BCUT2D eigenvalue weighted by Gasteiger charge is -2.26. The molecule has 7 nitrogen and oxygen atoms in total. The SMILES string of the molecule is CCc1cccc(Cl)c1N[C@@H](C)C(=O)OC(CN(C)C)C(N)C(=O)O. The third kappa shape index (κ3) is 6.19. The molecule has 0 saturated heterocycles. The molecule has 0 spiro atoms. The largest absolute Gasteiger partial charge is 0.480 e. The van der Waals surface area contributed by atoms with Crippen molar-refractivity contribution in [3.8, 4) is 0 Å². The molecule has 2 unspecified atom stereocenters. The van der Waals surface area contributed by atoms with Crippen LogP contribution in [0, 0.1) is 0 Å². The molecule has 0 aliphatic carbocycles. The van der Waals surface area contributed by atoms with E-state index in [1.54, 1.807) is 32.0 Å². The van der Waals surface area contributed by atoms with Crippen molar-refractivity contribution in [1.82, 2.24) is 4.90 Å². The summed E-state index contributed by atoms with van der Waals surface area (Å²) in [5, 5.41) is 12.6. The number of hydrogen-bond acceptors (Lipinski definition) is 6. The number of aliphatic carboxylic acids is 1. The van der Waals surface area contributed by atoms with E-state index < -0.39 is 30.1 Å². The fraction of sp³-hybridized carbons (Fsp3) is 0.529. The molecule has 0 radical (unpaired) electrons. The molecule has 25 heavy (non-hydrogen) atoms. The zero-order chi connectivity index (χ0) is 19.1. The Bertz CT molecular complexity index is 610. The number of para-hydroxylation sites is 1. The predicted octanol–water partition coefficient (Wildman–Crippen LogP) is 1.59. The molecule has 140 valence electrons. The highest BCUT2D eigenvalue weighted by Gasteiger charge is 2.30. The van der Waals surface area contributed by atoms with Crippen molar-refractivity contribution in [2.75, 3.05) is 26.0 Å². The Morgan fingerprint density at radius 3 is 2.56 bits per heavy atom. The molecule has 0 bridgehead atoms. The van der Waals surface area contributed by atoms with Gasteiger partial charge in [0.05, 0.1) is 10.7 Å². The zero-order valence-electron chi connectivity index (χ0n) is 15.0. The van der Waals surface area contributed by atoms with Gasteiger partial charge in [-0.3, -0.25) is 4.79 Å². The topological polar surface area (TPSA) is 105 Å². The number of hydrogen-bond donors (Lipinski definition) is 3. The van der Waals surface area contributed by atoms with Crippen LogP contribution < -0.4 is 11.1 Å². The summed E-state index contributed by atoms with van der Waals surface area (Å²) < 4.78 is 5.34. The van der Waals surface area contributed by atoms with E-state index in [1.807, 2.05) is 19.1 Å². The Labute approximate surface area is 153 Å². The average molecular weight is 372 g/mol.